The summed E-state index contributed by atoms with van der Waals surface area (Å²) in [5.74, 6) is -0.0740. The number of alkyl carbamates (subject to hydrolysis) is 1. The Kier molecular flexibility index (Phi) is 5.39. The van der Waals surface area contributed by atoms with E-state index in [1.54, 1.807) is 33.8 Å². The van der Waals surface area contributed by atoms with E-state index >= 15 is 0 Å². The van der Waals surface area contributed by atoms with Gasteiger partial charge in [0.1, 0.15) is 17.2 Å². The second-order valence-electron chi connectivity index (χ2n) is 5.39. The maximum absolute atomic E-state index is 13.7. The van der Waals surface area contributed by atoms with Gasteiger partial charge in [0, 0.05) is 0 Å². The zero-order valence-electron chi connectivity index (χ0n) is 12.2. The number of ether oxygens (including phenoxy) is 2. The number of hydrogen-bond donors (Lipinski definition) is 1. The minimum atomic E-state index is -0.577. The number of hydrogen-bond acceptors (Lipinski definition) is 3. The summed E-state index contributed by atoms with van der Waals surface area (Å²) >= 11 is 3.10. The molecule has 0 bridgehead atoms. The van der Waals surface area contributed by atoms with Gasteiger partial charge in [0.2, 0.25) is 0 Å². The van der Waals surface area contributed by atoms with E-state index in [1.165, 1.54) is 13.2 Å². The fourth-order valence-electron chi connectivity index (χ4n) is 1.55. The van der Waals surface area contributed by atoms with Crippen molar-refractivity contribution >= 4 is 22.0 Å². The van der Waals surface area contributed by atoms with Gasteiger partial charge in [0.15, 0.2) is 0 Å². The Morgan fingerprint density at radius 2 is 2.00 bits per heavy atom. The molecule has 0 aliphatic heterocycles. The van der Waals surface area contributed by atoms with Crippen molar-refractivity contribution < 1.29 is 18.7 Å². The van der Waals surface area contributed by atoms with Crippen LogP contribution in [-0.2, 0) is 4.74 Å². The molecule has 1 rings (SSSR count). The van der Waals surface area contributed by atoms with Crippen LogP contribution in [0.1, 0.15) is 39.3 Å². The van der Waals surface area contributed by atoms with Crippen molar-refractivity contribution in [3.8, 4) is 5.75 Å². The Morgan fingerprint density at radius 1 is 1.40 bits per heavy atom. The van der Waals surface area contributed by atoms with Crippen LogP contribution in [-0.4, -0.2) is 18.8 Å². The maximum atomic E-state index is 13.7. The average Bonchev–Trinajstić information content (AvgIpc) is 2.29. The minimum absolute atomic E-state index is 0.258. The van der Waals surface area contributed by atoms with Crippen LogP contribution >= 0.6 is 15.9 Å². The second-order valence-corrected chi connectivity index (χ2v) is 6.18. The fraction of sp³-hybridized carbons (Fsp3) is 0.500. The third-order valence-corrected chi connectivity index (χ3v) is 3.24. The first-order valence-electron chi connectivity index (χ1n) is 6.16. The Morgan fingerprint density at radius 3 is 2.50 bits per heavy atom. The predicted octanol–water partition coefficient (Wildman–Crippen LogP) is 4.18. The number of nitrogens with one attached hydrogen (secondary N) is 1. The highest BCUT2D eigenvalue weighted by molar-refractivity contribution is 9.10. The van der Waals surface area contributed by atoms with E-state index in [1.807, 2.05) is 0 Å². The molecule has 0 aliphatic rings. The predicted molar refractivity (Wildman–Crippen MR) is 78.4 cm³/mol. The van der Waals surface area contributed by atoms with E-state index in [2.05, 4.69) is 21.2 Å². The highest BCUT2D eigenvalue weighted by Crippen LogP contribution is 2.31. The molecule has 0 radical (unpaired) electrons. The smallest absolute Gasteiger partial charge is 0.408 e. The van der Waals surface area contributed by atoms with Gasteiger partial charge in [-0.05, 0) is 61.3 Å². The largest absolute Gasteiger partial charge is 0.495 e. The molecule has 1 amide bonds. The van der Waals surface area contributed by atoms with Crippen molar-refractivity contribution in [1.29, 1.82) is 0 Å². The topological polar surface area (TPSA) is 47.6 Å². The Hall–Kier alpha value is -1.30. The molecule has 1 aromatic carbocycles. The molecule has 0 aliphatic carbocycles. The lowest BCUT2D eigenvalue weighted by molar-refractivity contribution is 0.0507. The number of halogens is 2. The van der Waals surface area contributed by atoms with Crippen molar-refractivity contribution in [2.24, 2.45) is 0 Å². The van der Waals surface area contributed by atoms with Crippen molar-refractivity contribution in [1.82, 2.24) is 5.32 Å². The molecule has 0 saturated heterocycles. The molecule has 0 unspecified atom stereocenters. The van der Waals surface area contributed by atoms with Gasteiger partial charge >= 0.3 is 6.09 Å². The number of benzene rings is 1. The van der Waals surface area contributed by atoms with Crippen LogP contribution in [0, 0.1) is 5.82 Å². The minimum Gasteiger partial charge on any atom is -0.495 e. The van der Waals surface area contributed by atoms with E-state index < -0.39 is 23.6 Å². The number of carbonyl (C=O) groups excluding carboxylic acids is 1. The zero-order valence-corrected chi connectivity index (χ0v) is 13.8. The number of rotatable bonds is 3. The van der Waals surface area contributed by atoms with E-state index in [0.717, 1.165) is 0 Å². The molecule has 0 fully saturated rings. The quantitative estimate of drug-likeness (QED) is 0.891. The lowest BCUT2D eigenvalue weighted by atomic mass is 10.1. The molecule has 1 aromatic rings. The fourth-order valence-corrected chi connectivity index (χ4v) is 1.94. The molecule has 112 valence electrons. The van der Waals surface area contributed by atoms with Gasteiger partial charge in [-0.2, -0.15) is 0 Å². The Bertz CT molecular complexity index is 500. The summed E-state index contributed by atoms with van der Waals surface area (Å²) in [6.07, 6.45) is -0.549. The van der Waals surface area contributed by atoms with E-state index in [9.17, 15) is 9.18 Å². The molecule has 4 nitrogen and oxygen atoms in total. The highest BCUT2D eigenvalue weighted by atomic mass is 79.9. The number of carbonyl (C=O) groups is 1. The van der Waals surface area contributed by atoms with Crippen LogP contribution < -0.4 is 10.1 Å². The summed E-state index contributed by atoms with van der Waals surface area (Å²) in [4.78, 5) is 11.7. The van der Waals surface area contributed by atoms with Crippen LogP contribution in [0.3, 0.4) is 0 Å². The van der Waals surface area contributed by atoms with Crippen LogP contribution in [0.15, 0.2) is 16.6 Å². The van der Waals surface area contributed by atoms with Crippen LogP contribution in [0.25, 0.3) is 0 Å². The monoisotopic (exact) mass is 347 g/mol. The lowest BCUT2D eigenvalue weighted by Gasteiger charge is -2.22. The second kappa shape index (κ2) is 6.43. The van der Waals surface area contributed by atoms with E-state index in [0.29, 0.717) is 11.3 Å². The molecular formula is C14H19BrFNO3. The van der Waals surface area contributed by atoms with Gasteiger partial charge in [0.05, 0.1) is 17.6 Å². The normalized spacial score (nSPS) is 12.8. The summed E-state index contributed by atoms with van der Waals surface area (Å²) < 4.78 is 24.2. The van der Waals surface area contributed by atoms with E-state index in [4.69, 9.17) is 9.47 Å². The molecule has 0 spiro atoms. The van der Waals surface area contributed by atoms with Gasteiger partial charge < -0.3 is 14.8 Å². The lowest BCUT2D eigenvalue weighted by Crippen LogP contribution is -2.34. The molecule has 20 heavy (non-hydrogen) atoms. The van der Waals surface area contributed by atoms with Crippen molar-refractivity contribution in [3.05, 3.63) is 28.0 Å². The molecule has 1 atom stereocenters. The summed E-state index contributed by atoms with van der Waals surface area (Å²) in [5, 5.41) is 2.65. The van der Waals surface area contributed by atoms with Crippen LogP contribution in [0.4, 0.5) is 9.18 Å². The molecular weight excluding hydrogens is 329 g/mol. The van der Waals surface area contributed by atoms with Gasteiger partial charge in [-0.25, -0.2) is 9.18 Å². The summed E-state index contributed by atoms with van der Waals surface area (Å²) in [6, 6.07) is 2.60. The first-order valence-corrected chi connectivity index (χ1v) is 6.96. The van der Waals surface area contributed by atoms with Crippen molar-refractivity contribution in [3.63, 3.8) is 0 Å². The number of amides is 1. The molecule has 0 heterocycles. The SMILES string of the molecule is COc1cc([C@@H](C)NC(=O)OC(C)(C)C)cc(F)c1Br. The standard InChI is InChI=1S/C14H19BrFNO3/c1-8(17-13(18)20-14(2,3)4)9-6-10(16)12(15)11(7-9)19-5/h6-8H,1-5H3,(H,17,18)/t8-/m1/s1. The zero-order chi connectivity index (χ0) is 15.5. The first kappa shape index (κ1) is 16.8. The highest BCUT2D eigenvalue weighted by Gasteiger charge is 2.19. The molecule has 6 heteroatoms. The third-order valence-electron chi connectivity index (χ3n) is 2.47. The third kappa shape index (κ3) is 4.67. The van der Waals surface area contributed by atoms with Gasteiger partial charge in [-0.15, -0.1) is 0 Å². The summed E-state index contributed by atoms with van der Waals surface area (Å²) in [6.45, 7) is 7.07. The Balaban J connectivity index is 2.85. The van der Waals surface area contributed by atoms with Gasteiger partial charge in [-0.1, -0.05) is 0 Å². The summed E-state index contributed by atoms with van der Waals surface area (Å²) in [7, 11) is 1.45. The Labute approximate surface area is 126 Å². The summed E-state index contributed by atoms with van der Waals surface area (Å²) in [5.41, 5.74) is 0.0142. The van der Waals surface area contributed by atoms with Gasteiger partial charge in [-0.3, -0.25) is 0 Å². The van der Waals surface area contributed by atoms with Crippen LogP contribution in [0.5, 0.6) is 5.75 Å². The molecule has 1 N–H and O–H groups in total. The van der Waals surface area contributed by atoms with Crippen LogP contribution in [0.2, 0.25) is 0 Å². The average molecular weight is 348 g/mol. The molecule has 0 aromatic heterocycles. The van der Waals surface area contributed by atoms with Gasteiger partial charge in [0.25, 0.3) is 0 Å². The van der Waals surface area contributed by atoms with Crippen molar-refractivity contribution in [2.45, 2.75) is 39.3 Å². The number of methoxy groups -OCH3 is 1. The molecule has 0 saturated carbocycles. The van der Waals surface area contributed by atoms with E-state index in [-0.39, 0.29) is 4.47 Å². The first-order chi connectivity index (χ1) is 9.14. The van der Waals surface area contributed by atoms with Crippen molar-refractivity contribution in [2.75, 3.05) is 7.11 Å². The maximum Gasteiger partial charge on any atom is 0.408 e.